The minimum atomic E-state index is -0.547. The zero-order chi connectivity index (χ0) is 20.4. The number of ketones is 1. The molecule has 2 aromatic rings. The number of phenolic OH excluding ortho intramolecular Hbond substituents is 1. The zero-order valence-corrected chi connectivity index (χ0v) is 16.6. The number of fused-ring (bicyclic) bond motifs is 1. The van der Waals surface area contributed by atoms with Gasteiger partial charge in [-0.3, -0.25) is 19.7 Å². The molecule has 0 spiro atoms. The summed E-state index contributed by atoms with van der Waals surface area (Å²) < 4.78 is 0. The van der Waals surface area contributed by atoms with E-state index in [2.05, 4.69) is 10.6 Å². The molecule has 3 N–H and O–H groups in total. The molecule has 150 valence electrons. The van der Waals surface area contributed by atoms with Crippen LogP contribution in [-0.2, 0) is 27.2 Å². The maximum atomic E-state index is 12.3. The van der Waals surface area contributed by atoms with Crippen molar-refractivity contribution in [3.8, 4) is 5.75 Å². The van der Waals surface area contributed by atoms with Gasteiger partial charge in [0.25, 0.3) is 0 Å². The first kappa shape index (κ1) is 19.7. The summed E-state index contributed by atoms with van der Waals surface area (Å²) in [7, 11) is 0. The molecule has 6 nitrogen and oxygen atoms in total. The van der Waals surface area contributed by atoms with E-state index in [0.717, 1.165) is 16.7 Å². The molecule has 4 rings (SSSR count). The van der Waals surface area contributed by atoms with Crippen molar-refractivity contribution in [2.75, 3.05) is 11.2 Å². The van der Waals surface area contributed by atoms with E-state index in [-0.39, 0.29) is 22.8 Å². The molecule has 3 atom stereocenters. The lowest BCUT2D eigenvalue weighted by atomic mass is 9.81. The quantitative estimate of drug-likeness (QED) is 0.385. The number of rotatable bonds is 6. The van der Waals surface area contributed by atoms with E-state index in [4.69, 9.17) is 0 Å². The lowest BCUT2D eigenvalue weighted by molar-refractivity contribution is -0.131. The number of hydrogen-bond donors (Lipinski definition) is 3. The van der Waals surface area contributed by atoms with Crippen LogP contribution in [0.15, 0.2) is 42.5 Å². The lowest BCUT2D eigenvalue weighted by Crippen LogP contribution is -2.42. The van der Waals surface area contributed by atoms with Gasteiger partial charge in [0, 0.05) is 23.5 Å². The third-order valence-corrected chi connectivity index (χ3v) is 6.94. The van der Waals surface area contributed by atoms with Gasteiger partial charge in [0.15, 0.2) is 6.29 Å². The number of Topliss-reactive ketones (excluding diaryl/α,β-unsaturated/α-hetero) is 1. The van der Waals surface area contributed by atoms with Crippen molar-refractivity contribution in [2.45, 2.75) is 36.5 Å². The van der Waals surface area contributed by atoms with Crippen LogP contribution >= 0.6 is 11.8 Å². The van der Waals surface area contributed by atoms with Gasteiger partial charge in [0.05, 0.1) is 11.7 Å². The van der Waals surface area contributed by atoms with E-state index in [9.17, 15) is 19.5 Å². The molecular weight excluding hydrogens is 388 g/mol. The van der Waals surface area contributed by atoms with Crippen LogP contribution in [0.2, 0.25) is 0 Å². The van der Waals surface area contributed by atoms with Crippen LogP contribution in [-0.4, -0.2) is 40.3 Å². The third kappa shape index (κ3) is 3.93. The summed E-state index contributed by atoms with van der Waals surface area (Å²) in [4.78, 5) is 35.3. The van der Waals surface area contributed by atoms with Gasteiger partial charge >= 0.3 is 0 Å². The molecule has 2 heterocycles. The zero-order valence-electron chi connectivity index (χ0n) is 15.8. The monoisotopic (exact) mass is 410 g/mol. The second kappa shape index (κ2) is 8.39. The average Bonchev–Trinajstić information content (AvgIpc) is 3.23. The Bertz CT molecular complexity index is 947. The Morgan fingerprint density at radius 3 is 2.76 bits per heavy atom. The number of carbonyl (C=O) groups is 3. The number of thioether (sulfide) groups is 1. The highest BCUT2D eigenvalue weighted by Gasteiger charge is 2.40. The van der Waals surface area contributed by atoms with Gasteiger partial charge in [0.1, 0.15) is 5.75 Å². The topological polar surface area (TPSA) is 95.5 Å². The van der Waals surface area contributed by atoms with E-state index in [1.165, 1.54) is 0 Å². The van der Waals surface area contributed by atoms with E-state index in [0.29, 0.717) is 37.1 Å². The fourth-order valence-electron chi connectivity index (χ4n) is 4.25. The second-order valence-corrected chi connectivity index (χ2v) is 8.52. The van der Waals surface area contributed by atoms with Crippen molar-refractivity contribution in [3.05, 3.63) is 59.2 Å². The van der Waals surface area contributed by atoms with Gasteiger partial charge < -0.3 is 10.4 Å². The summed E-state index contributed by atoms with van der Waals surface area (Å²) in [5.41, 5.74) is 3.51. The maximum Gasteiger partial charge on any atom is 0.224 e. The lowest BCUT2D eigenvalue weighted by Gasteiger charge is -2.31. The molecule has 3 unspecified atom stereocenters. The Kier molecular flexibility index (Phi) is 5.69. The van der Waals surface area contributed by atoms with Gasteiger partial charge in [-0.15, -0.1) is 11.8 Å². The Labute approximate surface area is 173 Å². The molecule has 0 aromatic heterocycles. The number of amides is 1. The second-order valence-electron chi connectivity index (χ2n) is 7.35. The van der Waals surface area contributed by atoms with Crippen molar-refractivity contribution in [1.82, 2.24) is 5.32 Å². The number of anilines is 1. The molecular formula is C22H22N2O4S. The molecule has 29 heavy (non-hydrogen) atoms. The van der Waals surface area contributed by atoms with E-state index in [1.54, 1.807) is 17.8 Å². The Morgan fingerprint density at radius 1 is 1.21 bits per heavy atom. The number of benzene rings is 2. The van der Waals surface area contributed by atoms with Gasteiger partial charge in [0.2, 0.25) is 11.7 Å². The summed E-state index contributed by atoms with van der Waals surface area (Å²) in [5.74, 6) is 0.0233. The van der Waals surface area contributed by atoms with Crippen LogP contribution in [0.1, 0.15) is 29.0 Å². The van der Waals surface area contributed by atoms with Crippen LogP contribution in [0.25, 0.3) is 0 Å². The number of hydrogen-bond acceptors (Lipinski definition) is 6. The van der Waals surface area contributed by atoms with Crippen molar-refractivity contribution in [2.24, 2.45) is 0 Å². The molecule has 0 radical (unpaired) electrons. The molecule has 7 heteroatoms. The first-order chi connectivity index (χ1) is 14.1. The average molecular weight is 410 g/mol. The highest BCUT2D eigenvalue weighted by Crippen LogP contribution is 2.43. The summed E-state index contributed by atoms with van der Waals surface area (Å²) >= 11 is 1.63. The van der Waals surface area contributed by atoms with Gasteiger partial charge in [-0.05, 0) is 35.6 Å². The van der Waals surface area contributed by atoms with Gasteiger partial charge in [-0.1, -0.05) is 36.4 Å². The summed E-state index contributed by atoms with van der Waals surface area (Å²) in [6.45, 7) is 0. The van der Waals surface area contributed by atoms with Crippen molar-refractivity contribution in [3.63, 3.8) is 0 Å². The summed E-state index contributed by atoms with van der Waals surface area (Å²) in [6, 6.07) is 13.0. The largest absolute Gasteiger partial charge is 0.506 e. The number of nitrogens with one attached hydrogen (secondary N) is 2. The first-order valence-electron chi connectivity index (χ1n) is 9.61. The predicted octanol–water partition coefficient (Wildman–Crippen LogP) is 2.40. The minimum Gasteiger partial charge on any atom is -0.506 e. The molecule has 0 bridgehead atoms. The molecule has 2 aliphatic rings. The van der Waals surface area contributed by atoms with Gasteiger partial charge in [-0.25, -0.2) is 0 Å². The van der Waals surface area contributed by atoms with Crippen LogP contribution in [0.4, 0.5) is 5.69 Å². The Morgan fingerprint density at radius 2 is 2.00 bits per heavy atom. The third-order valence-electron chi connectivity index (χ3n) is 5.62. The fraction of sp³-hybridized carbons (Fsp3) is 0.318. The molecule has 0 aliphatic carbocycles. The summed E-state index contributed by atoms with van der Waals surface area (Å²) in [6.07, 6.45) is 1.97. The highest BCUT2D eigenvalue weighted by atomic mass is 32.2. The molecule has 1 saturated heterocycles. The van der Waals surface area contributed by atoms with Crippen molar-refractivity contribution < 1.29 is 19.5 Å². The molecule has 2 aliphatic heterocycles. The van der Waals surface area contributed by atoms with E-state index < -0.39 is 11.8 Å². The molecule has 0 saturated carbocycles. The van der Waals surface area contributed by atoms with Gasteiger partial charge in [-0.2, -0.15) is 0 Å². The van der Waals surface area contributed by atoms with Crippen LogP contribution in [0, 0.1) is 0 Å². The minimum absolute atomic E-state index is 0.0491. The van der Waals surface area contributed by atoms with E-state index >= 15 is 0 Å². The molecule has 1 amide bonds. The Hall–Kier alpha value is -2.64. The predicted molar refractivity (Wildman–Crippen MR) is 112 cm³/mol. The van der Waals surface area contributed by atoms with Crippen molar-refractivity contribution in [1.29, 1.82) is 0 Å². The number of carbonyl (C=O) groups excluding carboxylic acids is 3. The van der Waals surface area contributed by atoms with E-state index in [1.807, 2.05) is 36.4 Å². The maximum absolute atomic E-state index is 12.3. The number of aromatic hydroxyl groups is 1. The normalized spacial score (nSPS) is 21.9. The molecule has 1 fully saturated rings. The standard InChI is InChI=1S/C22H22N2O4S/c25-11-18(27)21-22(29-12-23-21)16(10-13-4-2-1-3-5-13)14-6-8-17(26)20-15(14)7-9-19(28)24-20/h1-6,8,11,16,21-23,26H,7,9-10,12H2,(H,24,28). The summed E-state index contributed by atoms with van der Waals surface area (Å²) in [5, 5.41) is 16.1. The Balaban J connectivity index is 1.79. The smallest absolute Gasteiger partial charge is 0.224 e. The van der Waals surface area contributed by atoms with Crippen LogP contribution < -0.4 is 10.6 Å². The van der Waals surface area contributed by atoms with Crippen LogP contribution in [0.3, 0.4) is 0 Å². The van der Waals surface area contributed by atoms with Crippen molar-refractivity contribution >= 4 is 35.4 Å². The SMILES string of the molecule is O=CC(=O)C1NCSC1C(Cc1ccccc1)c1ccc(O)c2c1CCC(=O)N2. The highest BCUT2D eigenvalue weighted by molar-refractivity contribution is 8.00. The number of aldehydes is 1. The molecule has 2 aromatic carbocycles. The fourth-order valence-corrected chi connectivity index (χ4v) is 5.62. The number of phenols is 1. The van der Waals surface area contributed by atoms with Crippen LogP contribution in [0.5, 0.6) is 5.75 Å². The first-order valence-corrected chi connectivity index (χ1v) is 10.7.